The number of para-hydroxylation sites is 2. The van der Waals surface area contributed by atoms with E-state index in [9.17, 15) is 0 Å². The molecule has 7 nitrogen and oxygen atoms in total. The maximum Gasteiger partial charge on any atom is 0.218 e. The highest BCUT2D eigenvalue weighted by Gasteiger charge is 2.41. The molecule has 7 heteroatoms. The second kappa shape index (κ2) is 17.6. The number of methoxy groups -OCH3 is 2. The zero-order valence-corrected chi connectivity index (χ0v) is 35.7. The van der Waals surface area contributed by atoms with E-state index < -0.39 is 0 Å². The first-order chi connectivity index (χ1) is 28.1. The lowest BCUT2D eigenvalue weighted by Crippen LogP contribution is -2.26. The normalized spacial score (nSPS) is 19.4. The zero-order valence-electron chi connectivity index (χ0n) is 35.7. The summed E-state index contributed by atoms with van der Waals surface area (Å²) < 4.78 is 24.9. The van der Waals surface area contributed by atoms with Crippen molar-refractivity contribution in [1.29, 1.82) is 0 Å². The van der Waals surface area contributed by atoms with Gasteiger partial charge in [0.1, 0.15) is 24.7 Å². The number of fused-ring (bicyclic) bond motifs is 2. The van der Waals surface area contributed by atoms with Crippen LogP contribution < -0.4 is 23.8 Å². The maximum atomic E-state index is 6.02. The molecule has 2 aliphatic heterocycles. The van der Waals surface area contributed by atoms with Crippen molar-refractivity contribution in [3.05, 3.63) is 155 Å². The molecule has 0 unspecified atom stereocenters. The van der Waals surface area contributed by atoms with Gasteiger partial charge >= 0.3 is 0 Å². The van der Waals surface area contributed by atoms with Crippen molar-refractivity contribution in [2.45, 2.75) is 65.2 Å². The van der Waals surface area contributed by atoms with E-state index in [1.54, 1.807) is 14.2 Å². The van der Waals surface area contributed by atoms with Gasteiger partial charge in [-0.25, -0.2) is 0 Å². The number of hydrogen-bond donors (Lipinski definition) is 0. The largest absolute Gasteiger partial charge is 0.491 e. The van der Waals surface area contributed by atoms with Crippen molar-refractivity contribution in [3.8, 4) is 11.5 Å². The molecule has 1 saturated carbocycles. The van der Waals surface area contributed by atoms with Crippen LogP contribution >= 0.6 is 0 Å². The molecule has 0 radical (unpaired) electrons. The van der Waals surface area contributed by atoms with E-state index in [-0.39, 0.29) is 10.8 Å². The number of ether oxygens (including phenoxy) is 4. The number of benzene rings is 4. The van der Waals surface area contributed by atoms with Gasteiger partial charge in [-0.1, -0.05) is 76.2 Å². The third kappa shape index (κ3) is 7.90. The molecule has 0 N–H and O–H groups in total. The van der Waals surface area contributed by atoms with Crippen molar-refractivity contribution in [1.82, 2.24) is 4.58 Å². The molecule has 0 saturated heterocycles. The number of nitrogens with zero attached hydrogens (tertiary/aromatic N) is 3. The Kier molecular flexibility index (Phi) is 12.4. The minimum Gasteiger partial charge on any atom is -0.491 e. The van der Waals surface area contributed by atoms with Crippen molar-refractivity contribution in [2.75, 3.05) is 63.5 Å². The molecule has 0 amide bonds. The summed E-state index contributed by atoms with van der Waals surface area (Å²) in [4.78, 5) is 4.95. The summed E-state index contributed by atoms with van der Waals surface area (Å²) in [6, 6.07) is 34.6. The lowest BCUT2D eigenvalue weighted by atomic mass is 9.83. The van der Waals surface area contributed by atoms with Crippen LogP contribution in [-0.4, -0.2) is 59.4 Å². The molecule has 302 valence electrons. The highest BCUT2D eigenvalue weighted by molar-refractivity contribution is 6.17. The Morgan fingerprint density at radius 2 is 0.931 bits per heavy atom. The molecular weight excluding hydrogens is 719 g/mol. The molecule has 4 aromatic carbocycles. The van der Waals surface area contributed by atoms with Crippen molar-refractivity contribution < 1.29 is 18.9 Å². The van der Waals surface area contributed by atoms with Crippen LogP contribution in [0.4, 0.5) is 22.7 Å². The summed E-state index contributed by atoms with van der Waals surface area (Å²) >= 11 is 0. The van der Waals surface area contributed by atoms with Crippen LogP contribution in [0.5, 0.6) is 11.5 Å². The van der Waals surface area contributed by atoms with E-state index in [2.05, 4.69) is 177 Å². The monoisotopic (exact) mass is 778 g/mol. The van der Waals surface area contributed by atoms with Gasteiger partial charge in [-0.2, -0.15) is 4.58 Å². The van der Waals surface area contributed by atoms with Crippen LogP contribution in [0.25, 0.3) is 0 Å². The summed E-state index contributed by atoms with van der Waals surface area (Å²) in [5, 5.41) is 0. The standard InChI is InChI=1S/C51H60N3O4/c1-9-52-45-17-13-11-15-43(45)50(3,4)47(52)31-21-37-19-20-38(22-32-48-51(5,6)44-16-12-14-18-46(44)53(48)10-2)49(37)54(39-23-27-41(28-24-39)57-35-33-55-7)40-25-29-42(30-26-40)58-36-34-56-8/h11-18,21-32H,9-10,19-20,33-36H2,1-8H3/q+1. The van der Waals surface area contributed by atoms with Crippen LogP contribution in [0.2, 0.25) is 0 Å². The Morgan fingerprint density at radius 3 is 1.31 bits per heavy atom. The summed E-state index contributed by atoms with van der Waals surface area (Å²) in [6.45, 7) is 17.8. The highest BCUT2D eigenvalue weighted by Crippen LogP contribution is 2.49. The number of hydrogen-bond acceptors (Lipinski definition) is 6. The quantitative estimate of drug-likeness (QED) is 0.0938. The number of anilines is 2. The SMILES string of the molecule is CCN1C(=C/C=C2\CC/C(=C\C=C3\N(CC)c4ccccc4C3(C)C)C2=[N+](c2ccc(OCCOC)cc2)c2ccc(OCCOC)cc2)C(C)(C)c2ccccc21. The number of likely N-dealkylation sites (N-methyl/N-ethyl adjacent to an activating group) is 2. The first-order valence-corrected chi connectivity index (χ1v) is 20.8. The Balaban J connectivity index is 1.42. The molecular formula is C51H60N3O4+. The Bertz CT molecular complexity index is 2080. The van der Waals surface area contributed by atoms with E-state index in [4.69, 9.17) is 18.9 Å². The van der Waals surface area contributed by atoms with Crippen LogP contribution in [0.3, 0.4) is 0 Å². The van der Waals surface area contributed by atoms with Crippen molar-refractivity contribution >= 4 is 28.5 Å². The van der Waals surface area contributed by atoms with E-state index in [0.29, 0.717) is 26.4 Å². The molecule has 0 spiro atoms. The van der Waals surface area contributed by atoms with Gasteiger partial charge in [-0.3, -0.25) is 0 Å². The van der Waals surface area contributed by atoms with Crippen molar-refractivity contribution in [2.24, 2.45) is 0 Å². The van der Waals surface area contributed by atoms with Gasteiger partial charge in [0.25, 0.3) is 0 Å². The molecule has 3 aliphatic rings. The van der Waals surface area contributed by atoms with Crippen molar-refractivity contribution in [3.63, 3.8) is 0 Å². The minimum atomic E-state index is -0.130. The maximum absolute atomic E-state index is 6.02. The lowest BCUT2D eigenvalue weighted by molar-refractivity contribution is 0.146. The van der Waals surface area contributed by atoms with Gasteiger partial charge in [0, 0.05) is 96.3 Å². The van der Waals surface area contributed by atoms with Gasteiger partial charge in [-0.15, -0.1) is 0 Å². The molecule has 0 atom stereocenters. The Hall–Kier alpha value is -5.37. The van der Waals surface area contributed by atoms with Gasteiger partial charge in [0.2, 0.25) is 17.1 Å². The summed E-state index contributed by atoms with van der Waals surface area (Å²) in [5.74, 6) is 1.62. The topological polar surface area (TPSA) is 46.4 Å². The van der Waals surface area contributed by atoms with Gasteiger partial charge < -0.3 is 28.7 Å². The predicted molar refractivity (Wildman–Crippen MR) is 241 cm³/mol. The molecule has 0 aromatic heterocycles. The van der Waals surface area contributed by atoms with E-state index in [1.165, 1.54) is 50.8 Å². The van der Waals surface area contributed by atoms with Gasteiger partial charge in [-0.05, 0) is 86.4 Å². The molecule has 2 heterocycles. The fraction of sp³-hybridized carbons (Fsp3) is 0.353. The molecule has 7 rings (SSSR count). The lowest BCUT2D eigenvalue weighted by Gasteiger charge is -2.26. The van der Waals surface area contributed by atoms with E-state index >= 15 is 0 Å². The second-order valence-corrected chi connectivity index (χ2v) is 16.1. The molecule has 1 aliphatic carbocycles. The smallest absolute Gasteiger partial charge is 0.218 e. The van der Waals surface area contributed by atoms with Gasteiger partial charge in [0.15, 0.2) is 0 Å². The van der Waals surface area contributed by atoms with Crippen LogP contribution in [0, 0.1) is 0 Å². The molecule has 58 heavy (non-hydrogen) atoms. The summed E-state index contributed by atoms with van der Waals surface area (Å²) in [6.07, 6.45) is 11.4. The zero-order chi connectivity index (χ0) is 40.9. The van der Waals surface area contributed by atoms with Crippen LogP contribution in [0.1, 0.15) is 65.5 Å². The predicted octanol–water partition coefficient (Wildman–Crippen LogP) is 11.1. The second-order valence-electron chi connectivity index (χ2n) is 16.1. The first-order valence-electron chi connectivity index (χ1n) is 20.8. The number of allylic oxidation sites excluding steroid dienone is 8. The first kappa shape index (κ1) is 40.8. The third-order valence-corrected chi connectivity index (χ3v) is 11.9. The number of rotatable bonds is 14. The molecule has 1 fully saturated rings. The average molecular weight is 779 g/mol. The van der Waals surface area contributed by atoms with E-state index in [0.717, 1.165) is 48.8 Å². The minimum absolute atomic E-state index is 0.130. The summed E-state index contributed by atoms with van der Waals surface area (Å²) in [5.41, 5.74) is 13.6. The van der Waals surface area contributed by atoms with E-state index in [1.807, 2.05) is 0 Å². The van der Waals surface area contributed by atoms with Crippen LogP contribution in [0.15, 0.2) is 144 Å². The molecule has 4 aromatic rings. The fourth-order valence-corrected chi connectivity index (χ4v) is 8.92. The Labute approximate surface area is 346 Å². The van der Waals surface area contributed by atoms with Crippen LogP contribution in [-0.2, 0) is 20.3 Å². The molecule has 0 bridgehead atoms. The van der Waals surface area contributed by atoms with Gasteiger partial charge in [0.05, 0.1) is 13.2 Å². The third-order valence-electron chi connectivity index (χ3n) is 11.9. The average Bonchev–Trinajstić information content (AvgIpc) is 3.81. The Morgan fingerprint density at radius 1 is 0.534 bits per heavy atom. The highest BCUT2D eigenvalue weighted by atomic mass is 16.5. The fourth-order valence-electron chi connectivity index (χ4n) is 8.92. The summed E-state index contributed by atoms with van der Waals surface area (Å²) in [7, 11) is 3.38.